The number of hydrogen-bond donors (Lipinski definition) is 0. The van der Waals surface area contributed by atoms with Crippen LogP contribution in [0.1, 0.15) is 0 Å². The van der Waals surface area contributed by atoms with Crippen LogP contribution in [0.5, 0.6) is 0 Å². The summed E-state index contributed by atoms with van der Waals surface area (Å²) < 4.78 is 0. The molecule has 0 fully saturated rings. The maximum absolute atomic E-state index is 2.59. The smallest absolute Gasteiger partial charge is 0.252 e. The first kappa shape index (κ1) is 36.7. The Balaban J connectivity index is 1.26. The van der Waals surface area contributed by atoms with Gasteiger partial charge in [-0.25, -0.2) is 0 Å². The number of benzene rings is 10. The molecule has 3 heteroatoms. The Labute approximate surface area is 369 Å². The van der Waals surface area contributed by atoms with Crippen molar-refractivity contribution in [3.63, 3.8) is 0 Å². The minimum Gasteiger partial charge on any atom is -0.311 e. The maximum atomic E-state index is 2.59. The molecule has 2 aliphatic rings. The molecule has 294 valence electrons. The van der Waals surface area contributed by atoms with Gasteiger partial charge in [0.25, 0.3) is 6.71 Å². The van der Waals surface area contributed by atoms with E-state index in [0.29, 0.717) is 0 Å². The number of fused-ring (bicyclic) bond motifs is 4. The lowest BCUT2D eigenvalue weighted by atomic mass is 9.33. The summed E-state index contributed by atoms with van der Waals surface area (Å²) in [5, 5.41) is 0. The monoisotopic (exact) mass is 800 g/mol. The Bertz CT molecular complexity index is 3250. The van der Waals surface area contributed by atoms with E-state index in [-0.39, 0.29) is 6.71 Å². The molecule has 0 saturated heterocycles. The molecule has 0 unspecified atom stereocenters. The van der Waals surface area contributed by atoms with Gasteiger partial charge in [-0.15, -0.1) is 0 Å². The van der Waals surface area contributed by atoms with Gasteiger partial charge in [0.1, 0.15) is 0 Å². The van der Waals surface area contributed by atoms with Gasteiger partial charge in [-0.2, -0.15) is 0 Å². The topological polar surface area (TPSA) is 6.48 Å². The normalized spacial score (nSPS) is 12.3. The molecule has 0 spiro atoms. The number of anilines is 6. The fourth-order valence-electron chi connectivity index (χ4n) is 10.1. The van der Waals surface area contributed by atoms with E-state index < -0.39 is 0 Å². The summed E-state index contributed by atoms with van der Waals surface area (Å²) in [7, 11) is 0. The molecule has 63 heavy (non-hydrogen) atoms. The molecule has 0 saturated carbocycles. The van der Waals surface area contributed by atoms with Crippen molar-refractivity contribution in [2.45, 2.75) is 0 Å². The molecule has 10 aromatic rings. The number of nitrogens with zero attached hydrogens (tertiary/aromatic N) is 2. The molecule has 0 radical (unpaired) electrons. The zero-order valence-corrected chi connectivity index (χ0v) is 34.6. The van der Waals surface area contributed by atoms with Crippen molar-refractivity contribution in [2.24, 2.45) is 0 Å². The minimum atomic E-state index is -0.0689. The van der Waals surface area contributed by atoms with Crippen LogP contribution in [-0.2, 0) is 0 Å². The molecule has 10 aromatic carbocycles. The first-order chi connectivity index (χ1) is 31.3. The van der Waals surface area contributed by atoms with E-state index >= 15 is 0 Å². The molecule has 12 rings (SSSR count). The average Bonchev–Trinajstić information content (AvgIpc) is 3.37. The summed E-state index contributed by atoms with van der Waals surface area (Å²) in [5.41, 5.74) is 22.8. The fraction of sp³-hybridized carbons (Fsp3) is 0. The van der Waals surface area contributed by atoms with Gasteiger partial charge in [-0.05, 0) is 109 Å². The largest absolute Gasteiger partial charge is 0.311 e. The maximum Gasteiger partial charge on any atom is 0.252 e. The first-order valence-electron chi connectivity index (χ1n) is 21.8. The van der Waals surface area contributed by atoms with Crippen molar-refractivity contribution in [1.82, 2.24) is 0 Å². The van der Waals surface area contributed by atoms with Crippen LogP contribution in [-0.4, -0.2) is 6.71 Å². The van der Waals surface area contributed by atoms with Crippen LogP contribution in [0.15, 0.2) is 249 Å². The molecule has 0 N–H and O–H groups in total. The summed E-state index contributed by atoms with van der Waals surface area (Å²) >= 11 is 0. The third-order valence-electron chi connectivity index (χ3n) is 12.8. The molecule has 0 aromatic heterocycles. The highest BCUT2D eigenvalue weighted by atomic mass is 15.2. The summed E-state index contributed by atoms with van der Waals surface area (Å²) in [4.78, 5) is 5.08. The van der Waals surface area contributed by atoms with Gasteiger partial charge >= 0.3 is 0 Å². The van der Waals surface area contributed by atoms with Crippen LogP contribution < -0.4 is 26.2 Å². The van der Waals surface area contributed by atoms with Crippen LogP contribution in [0.2, 0.25) is 0 Å². The van der Waals surface area contributed by atoms with Gasteiger partial charge in [0.2, 0.25) is 0 Å². The van der Waals surface area contributed by atoms with Gasteiger partial charge in [0.05, 0.1) is 0 Å². The van der Waals surface area contributed by atoms with Crippen LogP contribution in [0, 0.1) is 0 Å². The Morgan fingerprint density at radius 2 is 0.698 bits per heavy atom. The quantitative estimate of drug-likeness (QED) is 0.148. The lowest BCUT2D eigenvalue weighted by Crippen LogP contribution is -2.61. The van der Waals surface area contributed by atoms with E-state index in [2.05, 4.69) is 259 Å². The Morgan fingerprint density at radius 1 is 0.270 bits per heavy atom. The predicted octanol–water partition coefficient (Wildman–Crippen LogP) is 14.1. The summed E-state index contributed by atoms with van der Waals surface area (Å²) in [5.74, 6) is 0. The van der Waals surface area contributed by atoms with Crippen LogP contribution >= 0.6 is 0 Å². The van der Waals surface area contributed by atoms with E-state index in [4.69, 9.17) is 0 Å². The lowest BCUT2D eigenvalue weighted by Gasteiger charge is -2.45. The van der Waals surface area contributed by atoms with Gasteiger partial charge < -0.3 is 9.80 Å². The average molecular weight is 801 g/mol. The summed E-state index contributed by atoms with van der Waals surface area (Å²) in [6.45, 7) is -0.0689. The molecule has 2 heterocycles. The van der Waals surface area contributed by atoms with Crippen molar-refractivity contribution < 1.29 is 0 Å². The zero-order valence-electron chi connectivity index (χ0n) is 34.6. The first-order valence-corrected chi connectivity index (χ1v) is 21.8. The van der Waals surface area contributed by atoms with E-state index in [0.717, 1.165) is 11.4 Å². The van der Waals surface area contributed by atoms with Gasteiger partial charge in [-0.3, -0.25) is 0 Å². The molecule has 0 bridgehead atoms. The third kappa shape index (κ3) is 6.20. The van der Waals surface area contributed by atoms with Crippen molar-refractivity contribution >= 4 is 57.2 Å². The highest BCUT2D eigenvalue weighted by Crippen LogP contribution is 2.52. The summed E-state index contributed by atoms with van der Waals surface area (Å²) in [6.07, 6.45) is 0. The molecule has 2 nitrogen and oxygen atoms in total. The molecular weight excluding hydrogens is 759 g/mol. The van der Waals surface area contributed by atoms with Crippen molar-refractivity contribution in [3.05, 3.63) is 249 Å². The Morgan fingerprint density at radius 3 is 1.29 bits per heavy atom. The van der Waals surface area contributed by atoms with Crippen molar-refractivity contribution in [1.29, 1.82) is 0 Å². The Hall–Kier alpha value is -8.14. The predicted molar refractivity (Wildman–Crippen MR) is 268 cm³/mol. The van der Waals surface area contributed by atoms with E-state index in [1.165, 1.54) is 94.8 Å². The van der Waals surface area contributed by atoms with Crippen LogP contribution in [0.25, 0.3) is 55.6 Å². The van der Waals surface area contributed by atoms with Gasteiger partial charge in [-0.1, -0.05) is 206 Å². The number of para-hydroxylation sites is 2. The minimum absolute atomic E-state index is 0.0689. The highest BCUT2D eigenvalue weighted by Gasteiger charge is 2.45. The number of hydrogen-bond acceptors (Lipinski definition) is 2. The second kappa shape index (κ2) is 15.4. The second-order valence-corrected chi connectivity index (χ2v) is 16.4. The van der Waals surface area contributed by atoms with E-state index in [1.807, 2.05) is 0 Å². The van der Waals surface area contributed by atoms with Crippen molar-refractivity contribution in [3.8, 4) is 55.6 Å². The van der Waals surface area contributed by atoms with E-state index in [1.54, 1.807) is 0 Å². The molecule has 0 atom stereocenters. The molecule has 0 amide bonds. The fourth-order valence-corrected chi connectivity index (χ4v) is 10.1. The van der Waals surface area contributed by atoms with Crippen LogP contribution in [0.4, 0.5) is 34.1 Å². The van der Waals surface area contributed by atoms with Crippen molar-refractivity contribution in [2.75, 3.05) is 9.80 Å². The zero-order chi connectivity index (χ0) is 41.7. The second-order valence-electron chi connectivity index (χ2n) is 16.4. The van der Waals surface area contributed by atoms with Gasteiger partial charge in [0, 0.05) is 39.7 Å². The van der Waals surface area contributed by atoms with Gasteiger partial charge in [0.15, 0.2) is 0 Å². The van der Waals surface area contributed by atoms with Crippen LogP contribution in [0.3, 0.4) is 0 Å². The standard InChI is InChI=1S/C60H41BN2/c1-7-21-42(22-8-1)44-35-37-50(38-36-44)63-56-40-48(43-23-9-2-10-24-43)39-55-59(56)61(52-33-19-20-34-54(52)62(55)49-31-17-6-18-32-49)53-41-51(45-25-11-3-12-26-45)57(46-27-13-4-14-28-46)58(60(53)63)47-29-15-5-16-30-47/h1-41H. The van der Waals surface area contributed by atoms with E-state index in [9.17, 15) is 0 Å². The lowest BCUT2D eigenvalue weighted by molar-refractivity contribution is 1.25. The summed E-state index contributed by atoms with van der Waals surface area (Å²) in [6, 6.07) is 91.2. The molecular formula is C60H41BN2. The molecule has 2 aliphatic heterocycles. The number of rotatable bonds is 7. The SMILES string of the molecule is c1ccc(-c2ccc(N3c4cc(-c5ccccc5)cc5c4B(c4ccccc4N5c4ccccc4)c4cc(-c5ccccc5)c(-c5ccccc5)c(-c5ccccc5)c43)cc2)cc1. The highest BCUT2D eigenvalue weighted by molar-refractivity contribution is 7.00. The Kier molecular flexibility index (Phi) is 8.97. The third-order valence-corrected chi connectivity index (χ3v) is 12.8. The molecule has 0 aliphatic carbocycles.